The van der Waals surface area contributed by atoms with Gasteiger partial charge in [-0.3, -0.25) is 4.57 Å². The fourth-order valence-corrected chi connectivity index (χ4v) is 2.05. The van der Waals surface area contributed by atoms with Crippen molar-refractivity contribution in [3.05, 3.63) is 18.3 Å². The minimum Gasteiger partial charge on any atom is -0.363 e. The zero-order chi connectivity index (χ0) is 15.7. The Morgan fingerprint density at radius 1 is 1.38 bits per heavy atom. The van der Waals surface area contributed by atoms with Crippen LogP contribution in [0.3, 0.4) is 0 Å². The maximum absolute atomic E-state index is 13.7. The number of halogens is 2. The largest absolute Gasteiger partial charge is 0.363 e. The molecule has 0 amide bonds. The predicted molar refractivity (Wildman–Crippen MR) is 67.9 cm³/mol. The number of fused-ring (bicyclic) bond motifs is 1. The number of imidazole rings is 1. The van der Waals surface area contributed by atoms with Crippen molar-refractivity contribution in [1.29, 1.82) is 0 Å². The first-order valence-corrected chi connectivity index (χ1v) is 7.60. The average molecular weight is 322 g/mol. The molecule has 116 valence electrons. The zero-order valence-corrected chi connectivity index (χ0v) is 11.9. The van der Waals surface area contributed by atoms with Gasteiger partial charge in [0.25, 0.3) is 5.92 Å². The lowest BCUT2D eigenvalue weighted by molar-refractivity contribution is -0.0805. The summed E-state index contributed by atoms with van der Waals surface area (Å²) in [5.41, 5.74) is 1.25. The van der Waals surface area contributed by atoms with E-state index >= 15 is 0 Å². The molecule has 0 saturated heterocycles. The summed E-state index contributed by atoms with van der Waals surface area (Å²) in [5, 5.41) is 0. The Hall–Kier alpha value is -1.48. The van der Waals surface area contributed by atoms with E-state index < -0.39 is 33.0 Å². The third-order valence-corrected chi connectivity index (χ3v) is 3.08. The van der Waals surface area contributed by atoms with Gasteiger partial charge in [0, 0.05) is 0 Å². The third-order valence-electron chi connectivity index (χ3n) is 2.56. The summed E-state index contributed by atoms with van der Waals surface area (Å²) in [6.45, 7) is -0.189. The number of hydrogen-bond donors (Lipinski definition) is 2. The molecule has 0 atom stereocenters. The number of nitrogens with zero attached hydrogens (tertiary/aromatic N) is 4. The zero-order valence-electron chi connectivity index (χ0n) is 11.0. The van der Waals surface area contributed by atoms with E-state index in [1.54, 1.807) is 6.92 Å². The molecule has 0 aliphatic rings. The van der Waals surface area contributed by atoms with E-state index in [0.29, 0.717) is 11.2 Å². The van der Waals surface area contributed by atoms with E-state index in [1.165, 1.54) is 12.7 Å². The van der Waals surface area contributed by atoms with Gasteiger partial charge in [0.15, 0.2) is 5.65 Å². The van der Waals surface area contributed by atoms with Crippen molar-refractivity contribution in [3.63, 3.8) is 0 Å². The van der Waals surface area contributed by atoms with Crippen LogP contribution in [0, 0.1) is 6.92 Å². The lowest BCUT2D eigenvalue weighted by Crippen LogP contribution is -2.29. The van der Waals surface area contributed by atoms with Crippen molar-refractivity contribution >= 4 is 18.8 Å². The Labute approximate surface area is 118 Å². The lowest BCUT2D eigenvalue weighted by Gasteiger charge is -2.17. The van der Waals surface area contributed by atoms with Gasteiger partial charge in [0.05, 0.1) is 18.6 Å². The van der Waals surface area contributed by atoms with E-state index in [4.69, 9.17) is 9.79 Å². The first-order valence-electron chi connectivity index (χ1n) is 5.80. The summed E-state index contributed by atoms with van der Waals surface area (Å²) in [6.07, 6.45) is 1.41. The molecule has 0 aliphatic heterocycles. The highest BCUT2D eigenvalue weighted by atomic mass is 31.2. The van der Waals surface area contributed by atoms with E-state index in [2.05, 4.69) is 19.7 Å². The highest BCUT2D eigenvalue weighted by Crippen LogP contribution is 2.34. The van der Waals surface area contributed by atoms with E-state index in [-0.39, 0.29) is 5.65 Å². The standard InChI is InChI=1S/C10H13F2N4O4P/c1-7-8-9(14-4-13-7)16(5-15-8)2-10(11,12)3-20-6-21(17,18)19/h4-5H,2-3,6H2,1H3,(H2,17,18,19). The minimum atomic E-state index is -4.46. The second-order valence-corrected chi connectivity index (χ2v) is 6.09. The highest BCUT2D eigenvalue weighted by Gasteiger charge is 2.32. The van der Waals surface area contributed by atoms with Crippen LogP contribution in [0.5, 0.6) is 0 Å². The topological polar surface area (TPSA) is 110 Å². The molecule has 0 saturated carbocycles. The molecule has 2 heterocycles. The van der Waals surface area contributed by atoms with Crippen molar-refractivity contribution in [3.8, 4) is 0 Å². The van der Waals surface area contributed by atoms with E-state index in [9.17, 15) is 13.3 Å². The molecular weight excluding hydrogens is 309 g/mol. The van der Waals surface area contributed by atoms with Crippen LogP contribution in [0.25, 0.3) is 11.2 Å². The highest BCUT2D eigenvalue weighted by molar-refractivity contribution is 7.51. The van der Waals surface area contributed by atoms with Crippen LogP contribution >= 0.6 is 7.60 Å². The van der Waals surface area contributed by atoms with Crippen LogP contribution in [0.1, 0.15) is 5.69 Å². The van der Waals surface area contributed by atoms with Crippen LogP contribution in [-0.4, -0.2) is 48.2 Å². The molecule has 0 spiro atoms. The summed E-state index contributed by atoms with van der Waals surface area (Å²) in [6, 6.07) is 0. The molecule has 2 aromatic rings. The molecule has 0 radical (unpaired) electrons. The van der Waals surface area contributed by atoms with Gasteiger partial charge < -0.3 is 19.1 Å². The van der Waals surface area contributed by atoms with Crippen molar-refractivity contribution in [2.75, 3.05) is 13.0 Å². The SMILES string of the molecule is Cc1ncnc2c1ncn2CC(F)(F)COCP(=O)(O)O. The molecule has 8 nitrogen and oxygen atoms in total. The summed E-state index contributed by atoms with van der Waals surface area (Å²) in [5.74, 6) is -3.32. The van der Waals surface area contributed by atoms with Gasteiger partial charge in [-0.15, -0.1) is 0 Å². The summed E-state index contributed by atoms with van der Waals surface area (Å²) < 4.78 is 43.5. The smallest absolute Gasteiger partial charge is 0.350 e. The second-order valence-electron chi connectivity index (χ2n) is 4.50. The monoisotopic (exact) mass is 322 g/mol. The van der Waals surface area contributed by atoms with Crippen LogP contribution in [0.4, 0.5) is 8.78 Å². The molecule has 0 aromatic carbocycles. The fourth-order valence-electron chi connectivity index (χ4n) is 1.72. The quantitative estimate of drug-likeness (QED) is 0.761. The number of rotatable bonds is 6. The number of aromatic nitrogens is 4. The number of hydrogen-bond acceptors (Lipinski definition) is 5. The van der Waals surface area contributed by atoms with Gasteiger partial charge in [0.1, 0.15) is 24.8 Å². The molecule has 11 heteroatoms. The van der Waals surface area contributed by atoms with Gasteiger partial charge in [-0.2, -0.15) is 0 Å². The molecule has 0 fully saturated rings. The van der Waals surface area contributed by atoms with Gasteiger partial charge in [-0.05, 0) is 6.92 Å². The molecular formula is C10H13F2N4O4P. The molecule has 2 rings (SSSR count). The van der Waals surface area contributed by atoms with Crippen molar-refractivity contribution in [2.24, 2.45) is 0 Å². The summed E-state index contributed by atoms with van der Waals surface area (Å²) >= 11 is 0. The van der Waals surface area contributed by atoms with Gasteiger partial charge in [-0.25, -0.2) is 23.7 Å². The Bertz CT molecular complexity index is 687. The number of aryl methyl sites for hydroxylation is 1. The molecule has 0 bridgehead atoms. The number of alkyl halides is 2. The Morgan fingerprint density at radius 3 is 2.76 bits per heavy atom. The Balaban J connectivity index is 2.08. The Kier molecular flexibility index (Phi) is 4.33. The molecule has 2 N–H and O–H groups in total. The maximum atomic E-state index is 13.7. The van der Waals surface area contributed by atoms with Gasteiger partial charge >= 0.3 is 7.60 Å². The number of ether oxygens (including phenoxy) is 1. The fraction of sp³-hybridized carbons (Fsp3) is 0.500. The summed E-state index contributed by atoms with van der Waals surface area (Å²) in [7, 11) is -4.46. The van der Waals surface area contributed by atoms with Crippen LogP contribution in [-0.2, 0) is 15.8 Å². The Morgan fingerprint density at radius 2 is 2.10 bits per heavy atom. The van der Waals surface area contributed by atoms with Crippen LogP contribution < -0.4 is 0 Å². The predicted octanol–water partition coefficient (Wildman–Crippen LogP) is 0.922. The van der Waals surface area contributed by atoms with Crippen molar-refractivity contribution < 1.29 is 27.9 Å². The van der Waals surface area contributed by atoms with Gasteiger partial charge in [0.2, 0.25) is 0 Å². The first kappa shape index (κ1) is 15.9. The summed E-state index contributed by atoms with van der Waals surface area (Å²) in [4.78, 5) is 28.9. The van der Waals surface area contributed by atoms with Crippen LogP contribution in [0.2, 0.25) is 0 Å². The normalized spacial score (nSPS) is 13.0. The van der Waals surface area contributed by atoms with E-state index in [0.717, 1.165) is 4.57 Å². The van der Waals surface area contributed by atoms with Crippen LogP contribution in [0.15, 0.2) is 12.7 Å². The maximum Gasteiger partial charge on any atom is 0.350 e. The first-order chi connectivity index (χ1) is 9.68. The lowest BCUT2D eigenvalue weighted by atomic mass is 10.3. The van der Waals surface area contributed by atoms with Gasteiger partial charge in [-0.1, -0.05) is 0 Å². The van der Waals surface area contributed by atoms with Crippen molar-refractivity contribution in [2.45, 2.75) is 19.4 Å². The third kappa shape index (κ3) is 4.24. The van der Waals surface area contributed by atoms with Crippen molar-refractivity contribution in [1.82, 2.24) is 19.5 Å². The average Bonchev–Trinajstić information content (AvgIpc) is 2.71. The van der Waals surface area contributed by atoms with E-state index in [1.807, 2.05) is 0 Å². The minimum absolute atomic E-state index is 0.261. The molecule has 2 aromatic heterocycles. The molecule has 21 heavy (non-hydrogen) atoms. The second kappa shape index (κ2) is 5.72. The molecule has 0 aliphatic carbocycles. The molecule has 0 unspecified atom stereocenters.